The van der Waals surface area contributed by atoms with Gasteiger partial charge in [0.25, 0.3) is 5.56 Å². The van der Waals surface area contributed by atoms with Crippen molar-refractivity contribution in [3.63, 3.8) is 0 Å². The number of benzene rings is 2. The van der Waals surface area contributed by atoms with Crippen molar-refractivity contribution in [1.29, 1.82) is 0 Å². The van der Waals surface area contributed by atoms with Gasteiger partial charge in [-0.2, -0.15) is 9.37 Å². The van der Waals surface area contributed by atoms with E-state index in [1.165, 1.54) is 0 Å². The lowest BCUT2D eigenvalue weighted by Crippen LogP contribution is -2.37. The Morgan fingerprint density at radius 2 is 1.78 bits per heavy atom. The molecule has 0 bridgehead atoms. The Kier molecular flexibility index (Phi) is 6.42. The van der Waals surface area contributed by atoms with E-state index in [1.807, 2.05) is 45.3 Å². The van der Waals surface area contributed by atoms with E-state index < -0.39 is 5.95 Å². The average Bonchev–Trinajstić information content (AvgIpc) is 2.86. The number of nitrogen functional groups attached to an aromatic ring is 1. The smallest absolute Gasteiger partial charge is 0.255 e. The maximum Gasteiger partial charge on any atom is 0.255 e. The van der Waals surface area contributed by atoms with E-state index in [0.29, 0.717) is 42.0 Å². The van der Waals surface area contributed by atoms with Crippen LogP contribution in [0.4, 0.5) is 15.9 Å². The van der Waals surface area contributed by atoms with Gasteiger partial charge in [-0.25, -0.2) is 4.98 Å². The zero-order valence-corrected chi connectivity index (χ0v) is 20.6. The first-order chi connectivity index (χ1) is 17.3. The Bertz CT molecular complexity index is 1490. The van der Waals surface area contributed by atoms with E-state index in [4.69, 9.17) is 10.5 Å². The topological polar surface area (TPSA) is 100 Å². The molecule has 0 radical (unpaired) electrons. The molecule has 1 aliphatic rings. The van der Waals surface area contributed by atoms with E-state index >= 15 is 4.39 Å². The van der Waals surface area contributed by atoms with Crippen molar-refractivity contribution in [2.24, 2.45) is 0 Å². The number of hydrogen-bond acceptors (Lipinski definition) is 7. The number of ether oxygens (including phenoxy) is 1. The van der Waals surface area contributed by atoms with Crippen molar-refractivity contribution >= 4 is 22.3 Å². The molecular formula is C27H29FN6O2. The molecule has 3 N–H and O–H groups in total. The summed E-state index contributed by atoms with van der Waals surface area (Å²) in [6.07, 6.45) is 1.67. The zero-order chi connectivity index (χ0) is 25.4. The number of halogens is 1. The molecule has 0 spiro atoms. The summed E-state index contributed by atoms with van der Waals surface area (Å²) in [6.45, 7) is 5.59. The first-order valence-electron chi connectivity index (χ1n) is 11.9. The minimum atomic E-state index is -0.723. The Morgan fingerprint density at radius 3 is 2.53 bits per heavy atom. The van der Waals surface area contributed by atoms with Crippen molar-refractivity contribution in [1.82, 2.24) is 19.9 Å². The fraction of sp³-hybridized carbons (Fsp3) is 0.296. The number of nitrogens with one attached hydrogen (secondary N) is 1. The van der Waals surface area contributed by atoms with Gasteiger partial charge in [-0.3, -0.25) is 4.79 Å². The summed E-state index contributed by atoms with van der Waals surface area (Å²) in [5.41, 5.74) is 10.8. The first-order valence-corrected chi connectivity index (χ1v) is 11.9. The van der Waals surface area contributed by atoms with Gasteiger partial charge in [0.1, 0.15) is 11.4 Å². The normalized spacial score (nSPS) is 14.1. The Balaban J connectivity index is 1.61. The van der Waals surface area contributed by atoms with Gasteiger partial charge in [-0.15, -0.1) is 0 Å². The lowest BCUT2D eigenvalue weighted by Gasteiger charge is -2.31. The predicted octanol–water partition coefficient (Wildman–Crippen LogP) is 3.58. The first kappa shape index (κ1) is 23.9. The SMILES string of the molecule is Cc1c[nH]c(=O)c2ccc(-c3nc(-c4ccc(N5CCOCC5)c(CN(C)C)c4)c(F)nc3N)cc12. The standard InChI is InChI=1S/C27H29FN6O2/c1-16-14-30-27(35)20-6-4-18(13-21(16)20)24-26(29)32-25(28)23(31-24)17-5-7-22(19(12-17)15-33(2)3)34-8-10-36-11-9-34/h4-7,12-14H,8-11,15H2,1-3H3,(H2,29,32)(H,30,35). The molecule has 9 heteroatoms. The van der Waals surface area contributed by atoms with Crippen LogP contribution in [0.15, 0.2) is 47.4 Å². The number of morpholine rings is 1. The molecule has 5 rings (SSSR count). The monoisotopic (exact) mass is 488 g/mol. The van der Waals surface area contributed by atoms with E-state index in [1.54, 1.807) is 18.3 Å². The average molecular weight is 489 g/mol. The molecule has 4 aromatic rings. The second-order valence-corrected chi connectivity index (χ2v) is 9.34. The van der Waals surface area contributed by atoms with E-state index in [0.717, 1.165) is 35.3 Å². The third kappa shape index (κ3) is 4.55. The minimum Gasteiger partial charge on any atom is -0.382 e. The highest BCUT2D eigenvalue weighted by atomic mass is 19.1. The second-order valence-electron chi connectivity index (χ2n) is 9.34. The summed E-state index contributed by atoms with van der Waals surface area (Å²) in [4.78, 5) is 27.9. The highest BCUT2D eigenvalue weighted by Crippen LogP contribution is 2.33. The number of aromatic amines is 1. The van der Waals surface area contributed by atoms with Gasteiger partial charge in [0.2, 0.25) is 5.95 Å². The molecule has 8 nitrogen and oxygen atoms in total. The van der Waals surface area contributed by atoms with Crippen LogP contribution in [0.1, 0.15) is 11.1 Å². The molecule has 0 saturated carbocycles. The van der Waals surface area contributed by atoms with Gasteiger partial charge >= 0.3 is 0 Å². The van der Waals surface area contributed by atoms with Crippen LogP contribution in [0.5, 0.6) is 0 Å². The minimum absolute atomic E-state index is 0.00320. The highest BCUT2D eigenvalue weighted by Gasteiger charge is 2.20. The third-order valence-corrected chi connectivity index (χ3v) is 6.45. The van der Waals surface area contributed by atoms with Gasteiger partial charge in [-0.1, -0.05) is 12.1 Å². The van der Waals surface area contributed by atoms with Crippen LogP contribution in [0.2, 0.25) is 0 Å². The second kappa shape index (κ2) is 9.67. The van der Waals surface area contributed by atoms with Crippen molar-refractivity contribution in [3.05, 3.63) is 70.0 Å². The molecule has 1 saturated heterocycles. The molecule has 2 aromatic carbocycles. The number of aryl methyl sites for hydroxylation is 1. The summed E-state index contributed by atoms with van der Waals surface area (Å²) in [5.74, 6) is -0.726. The fourth-order valence-corrected chi connectivity index (χ4v) is 4.68. The van der Waals surface area contributed by atoms with Crippen LogP contribution in [-0.4, -0.2) is 60.3 Å². The molecule has 2 aromatic heterocycles. The molecule has 0 atom stereocenters. The maximum atomic E-state index is 15.1. The number of pyridine rings is 1. The van der Waals surface area contributed by atoms with E-state index in [-0.39, 0.29) is 17.1 Å². The molecule has 36 heavy (non-hydrogen) atoms. The van der Waals surface area contributed by atoms with Crippen molar-refractivity contribution in [2.45, 2.75) is 13.5 Å². The lowest BCUT2D eigenvalue weighted by atomic mass is 10.0. The zero-order valence-electron chi connectivity index (χ0n) is 20.6. The maximum absolute atomic E-state index is 15.1. The molecule has 3 heterocycles. The Morgan fingerprint density at radius 1 is 1.06 bits per heavy atom. The molecule has 186 valence electrons. The molecule has 0 amide bonds. The van der Waals surface area contributed by atoms with Crippen LogP contribution in [0, 0.1) is 12.9 Å². The highest BCUT2D eigenvalue weighted by molar-refractivity contribution is 5.90. The van der Waals surface area contributed by atoms with Crippen LogP contribution in [-0.2, 0) is 11.3 Å². The van der Waals surface area contributed by atoms with Crippen LogP contribution in [0.3, 0.4) is 0 Å². The molecule has 1 aliphatic heterocycles. The van der Waals surface area contributed by atoms with Crippen LogP contribution in [0.25, 0.3) is 33.3 Å². The number of hydrogen-bond donors (Lipinski definition) is 2. The summed E-state index contributed by atoms with van der Waals surface area (Å²) in [6, 6.07) is 11.2. The number of aromatic nitrogens is 3. The van der Waals surface area contributed by atoms with Crippen molar-refractivity contribution in [3.8, 4) is 22.5 Å². The van der Waals surface area contributed by atoms with Gasteiger partial charge in [-0.05, 0) is 61.8 Å². The number of rotatable bonds is 5. The Labute approximate surface area is 208 Å². The Hall–Kier alpha value is -3.82. The van der Waals surface area contributed by atoms with Crippen LogP contribution >= 0.6 is 0 Å². The summed E-state index contributed by atoms with van der Waals surface area (Å²) >= 11 is 0. The quantitative estimate of drug-likeness (QED) is 0.443. The third-order valence-electron chi connectivity index (χ3n) is 6.45. The van der Waals surface area contributed by atoms with Gasteiger partial charge in [0.15, 0.2) is 5.82 Å². The van der Waals surface area contributed by atoms with Gasteiger partial charge in [0, 0.05) is 48.0 Å². The molecular weight excluding hydrogens is 459 g/mol. The fourth-order valence-electron chi connectivity index (χ4n) is 4.68. The van der Waals surface area contributed by atoms with E-state index in [2.05, 4.69) is 24.8 Å². The predicted molar refractivity (Wildman–Crippen MR) is 141 cm³/mol. The van der Waals surface area contributed by atoms with Crippen molar-refractivity contribution in [2.75, 3.05) is 51.0 Å². The van der Waals surface area contributed by atoms with Crippen molar-refractivity contribution < 1.29 is 9.13 Å². The molecule has 0 unspecified atom stereocenters. The number of H-pyrrole nitrogens is 1. The van der Waals surface area contributed by atoms with Crippen LogP contribution < -0.4 is 16.2 Å². The summed E-state index contributed by atoms with van der Waals surface area (Å²) < 4.78 is 20.6. The largest absolute Gasteiger partial charge is 0.382 e. The van der Waals surface area contributed by atoms with Gasteiger partial charge < -0.3 is 25.3 Å². The number of anilines is 2. The number of nitrogens with two attached hydrogens (primary N) is 1. The number of fused-ring (bicyclic) bond motifs is 1. The summed E-state index contributed by atoms with van der Waals surface area (Å²) in [5, 5.41) is 1.35. The summed E-state index contributed by atoms with van der Waals surface area (Å²) in [7, 11) is 4.01. The molecule has 0 aliphatic carbocycles. The van der Waals surface area contributed by atoms with E-state index in [9.17, 15) is 4.79 Å². The number of nitrogens with zero attached hydrogens (tertiary/aromatic N) is 4. The van der Waals surface area contributed by atoms with Gasteiger partial charge in [0.05, 0.1) is 13.2 Å². The molecule has 1 fully saturated rings. The lowest BCUT2D eigenvalue weighted by molar-refractivity contribution is 0.122.